The van der Waals surface area contributed by atoms with E-state index in [-0.39, 0.29) is 5.75 Å². The molecule has 3 rings (SSSR count). The average molecular weight is 284 g/mol. The van der Waals surface area contributed by atoms with Gasteiger partial charge in [-0.2, -0.15) is 0 Å². The molecule has 1 N–H and O–H groups in total. The Kier molecular flexibility index (Phi) is 3.15. The molecule has 20 heavy (non-hydrogen) atoms. The maximum Gasteiger partial charge on any atom is 0.230 e. The van der Waals surface area contributed by atoms with Crippen molar-refractivity contribution in [1.29, 1.82) is 0 Å². The van der Waals surface area contributed by atoms with Gasteiger partial charge in [-0.25, -0.2) is 4.98 Å². The number of hydrogen-bond acceptors (Lipinski definition) is 6. The van der Waals surface area contributed by atoms with Crippen molar-refractivity contribution in [3.8, 4) is 5.75 Å². The van der Waals surface area contributed by atoms with Crippen LogP contribution in [0.15, 0.2) is 40.7 Å². The van der Waals surface area contributed by atoms with Gasteiger partial charge in [0.15, 0.2) is 5.75 Å². The molecule has 0 saturated carbocycles. The zero-order valence-electron chi connectivity index (χ0n) is 11.0. The van der Waals surface area contributed by atoms with Gasteiger partial charge in [0.05, 0.1) is 5.69 Å². The Morgan fingerprint density at radius 3 is 2.75 bits per heavy atom. The van der Waals surface area contributed by atoms with Crippen molar-refractivity contribution in [3.63, 3.8) is 0 Å². The highest BCUT2D eigenvalue weighted by Crippen LogP contribution is 2.34. The number of fused-ring (bicyclic) bond motifs is 1. The highest BCUT2D eigenvalue weighted by atomic mass is 32.1. The Morgan fingerprint density at radius 2 is 2.00 bits per heavy atom. The first kappa shape index (κ1) is 12.7. The van der Waals surface area contributed by atoms with E-state index in [9.17, 15) is 5.11 Å². The summed E-state index contributed by atoms with van der Waals surface area (Å²) in [5.41, 5.74) is 1.87. The number of phenols is 1. The number of nitrogens with zero attached hydrogens (tertiary/aromatic N) is 4. The molecule has 0 bridgehead atoms. The van der Waals surface area contributed by atoms with E-state index in [1.165, 1.54) is 11.3 Å². The van der Waals surface area contributed by atoms with Gasteiger partial charge in [0.25, 0.3) is 0 Å². The maximum atomic E-state index is 10.2. The molecule has 3 aromatic rings. The summed E-state index contributed by atoms with van der Waals surface area (Å²) in [5, 5.41) is 19.7. The predicted molar refractivity (Wildman–Crippen MR) is 79.2 cm³/mol. The first-order chi connectivity index (χ1) is 9.65. The molecule has 100 valence electrons. The van der Waals surface area contributed by atoms with E-state index in [0.29, 0.717) is 16.3 Å². The lowest BCUT2D eigenvalue weighted by atomic mass is 10.2. The molecule has 0 atom stereocenters. The number of aromatic nitrogens is 2. The average Bonchev–Trinajstić information content (AvgIpc) is 2.77. The standard InChI is InChI=1S/C14H12N4OS/c1-8-9(2)20-14(16-8)18-17-11-6-5-10-4-3-7-15-12(10)13(11)19/h3-7,19H,1-2H3. The largest absolute Gasteiger partial charge is 0.504 e. The van der Waals surface area contributed by atoms with E-state index in [1.807, 2.05) is 32.0 Å². The lowest BCUT2D eigenvalue weighted by molar-refractivity contribution is 0.481. The van der Waals surface area contributed by atoms with E-state index in [2.05, 4.69) is 20.2 Å². The summed E-state index contributed by atoms with van der Waals surface area (Å²) in [7, 11) is 0. The zero-order chi connectivity index (χ0) is 14.1. The van der Waals surface area contributed by atoms with Crippen LogP contribution in [0.25, 0.3) is 10.9 Å². The van der Waals surface area contributed by atoms with Gasteiger partial charge in [-0.1, -0.05) is 23.5 Å². The molecule has 0 aliphatic heterocycles. The van der Waals surface area contributed by atoms with Crippen LogP contribution in [0.4, 0.5) is 10.8 Å². The van der Waals surface area contributed by atoms with Crippen molar-refractivity contribution in [1.82, 2.24) is 9.97 Å². The molecule has 0 aliphatic rings. The zero-order valence-corrected chi connectivity index (χ0v) is 11.8. The smallest absolute Gasteiger partial charge is 0.230 e. The van der Waals surface area contributed by atoms with E-state index in [4.69, 9.17) is 0 Å². The lowest BCUT2D eigenvalue weighted by Crippen LogP contribution is -1.78. The topological polar surface area (TPSA) is 70.7 Å². The van der Waals surface area contributed by atoms with E-state index in [1.54, 1.807) is 12.3 Å². The molecule has 2 aromatic heterocycles. The van der Waals surface area contributed by atoms with Crippen molar-refractivity contribution >= 4 is 33.1 Å². The minimum atomic E-state index is 0.0388. The van der Waals surface area contributed by atoms with E-state index >= 15 is 0 Å². The third-order valence-electron chi connectivity index (χ3n) is 2.99. The van der Waals surface area contributed by atoms with Crippen LogP contribution in [0.1, 0.15) is 10.6 Å². The van der Waals surface area contributed by atoms with Crippen molar-refractivity contribution in [2.75, 3.05) is 0 Å². The van der Waals surface area contributed by atoms with Gasteiger partial charge in [-0.15, -0.1) is 10.2 Å². The van der Waals surface area contributed by atoms with Crippen molar-refractivity contribution < 1.29 is 5.11 Å². The van der Waals surface area contributed by atoms with Crippen LogP contribution in [-0.2, 0) is 0 Å². The van der Waals surface area contributed by atoms with E-state index in [0.717, 1.165) is 16.0 Å². The molecule has 5 nitrogen and oxygen atoms in total. The summed E-state index contributed by atoms with van der Waals surface area (Å²) < 4.78 is 0. The Balaban J connectivity index is 2.00. The second-order valence-electron chi connectivity index (χ2n) is 4.35. The molecular formula is C14H12N4OS. The summed E-state index contributed by atoms with van der Waals surface area (Å²) in [6.07, 6.45) is 1.64. The number of azo groups is 1. The Morgan fingerprint density at radius 1 is 1.15 bits per heavy atom. The third kappa shape index (κ3) is 2.25. The number of phenolic OH excluding ortho intramolecular Hbond substituents is 1. The van der Waals surface area contributed by atoms with Gasteiger partial charge in [0.1, 0.15) is 11.2 Å². The number of hydrogen-bond donors (Lipinski definition) is 1. The normalized spacial score (nSPS) is 11.5. The van der Waals surface area contributed by atoms with Gasteiger partial charge in [0.2, 0.25) is 5.13 Å². The highest BCUT2D eigenvalue weighted by molar-refractivity contribution is 7.15. The second kappa shape index (κ2) is 4.97. The molecule has 0 aliphatic carbocycles. The third-order valence-corrected chi connectivity index (χ3v) is 3.94. The molecule has 0 saturated heterocycles. The second-order valence-corrected chi connectivity index (χ2v) is 5.53. The van der Waals surface area contributed by atoms with Crippen molar-refractivity contribution in [2.24, 2.45) is 10.2 Å². The fourth-order valence-electron chi connectivity index (χ4n) is 1.79. The summed E-state index contributed by atoms with van der Waals surface area (Å²) in [5.74, 6) is 0.0388. The van der Waals surface area contributed by atoms with Crippen LogP contribution >= 0.6 is 11.3 Å². The number of aryl methyl sites for hydroxylation is 2. The fourth-order valence-corrected chi connectivity index (χ4v) is 2.53. The Hall–Kier alpha value is -2.34. The molecule has 2 heterocycles. The Labute approximate surface area is 119 Å². The fraction of sp³-hybridized carbons (Fsp3) is 0.143. The van der Waals surface area contributed by atoms with Crippen molar-refractivity contribution in [2.45, 2.75) is 13.8 Å². The summed E-state index contributed by atoms with van der Waals surface area (Å²) in [4.78, 5) is 9.54. The van der Waals surface area contributed by atoms with Crippen LogP contribution in [-0.4, -0.2) is 15.1 Å². The molecule has 0 fully saturated rings. The van der Waals surface area contributed by atoms with Crippen LogP contribution in [0.2, 0.25) is 0 Å². The number of pyridine rings is 1. The lowest BCUT2D eigenvalue weighted by Gasteiger charge is -2.01. The molecular weight excluding hydrogens is 272 g/mol. The summed E-state index contributed by atoms with van der Waals surface area (Å²) in [6, 6.07) is 7.28. The predicted octanol–water partition coefficient (Wildman–Crippen LogP) is 4.43. The van der Waals surface area contributed by atoms with Crippen LogP contribution in [0, 0.1) is 13.8 Å². The Bertz CT molecular complexity index is 791. The number of aromatic hydroxyl groups is 1. The first-order valence-electron chi connectivity index (χ1n) is 6.07. The van der Waals surface area contributed by atoms with Gasteiger partial charge >= 0.3 is 0 Å². The monoisotopic (exact) mass is 284 g/mol. The van der Waals surface area contributed by atoms with E-state index < -0.39 is 0 Å². The summed E-state index contributed by atoms with van der Waals surface area (Å²) >= 11 is 1.47. The van der Waals surface area contributed by atoms with Crippen LogP contribution in [0.5, 0.6) is 5.75 Å². The molecule has 0 spiro atoms. The van der Waals surface area contributed by atoms with Crippen LogP contribution < -0.4 is 0 Å². The number of thiazole rings is 1. The quantitative estimate of drug-likeness (QED) is 0.708. The molecule has 6 heteroatoms. The van der Waals surface area contributed by atoms with Gasteiger partial charge in [0, 0.05) is 16.5 Å². The number of rotatable bonds is 2. The minimum Gasteiger partial charge on any atom is -0.504 e. The SMILES string of the molecule is Cc1nc(N=Nc2ccc3cccnc3c2O)sc1C. The molecule has 0 amide bonds. The molecule has 0 unspecified atom stereocenters. The number of benzene rings is 1. The summed E-state index contributed by atoms with van der Waals surface area (Å²) in [6.45, 7) is 3.92. The van der Waals surface area contributed by atoms with Crippen LogP contribution in [0.3, 0.4) is 0 Å². The molecule has 0 radical (unpaired) electrons. The van der Waals surface area contributed by atoms with Gasteiger partial charge < -0.3 is 5.11 Å². The highest BCUT2D eigenvalue weighted by Gasteiger charge is 2.07. The van der Waals surface area contributed by atoms with Gasteiger partial charge in [-0.3, -0.25) is 4.98 Å². The van der Waals surface area contributed by atoms with Crippen molar-refractivity contribution in [3.05, 3.63) is 41.0 Å². The first-order valence-corrected chi connectivity index (χ1v) is 6.89. The maximum absolute atomic E-state index is 10.2. The molecule has 1 aromatic carbocycles. The van der Waals surface area contributed by atoms with Gasteiger partial charge in [-0.05, 0) is 26.0 Å². The minimum absolute atomic E-state index is 0.0388.